The lowest BCUT2D eigenvalue weighted by molar-refractivity contribution is -0.144. The molecule has 1 aliphatic heterocycles. The number of carbonyl (C=O) groups is 2. The molecule has 4 heteroatoms. The third-order valence-electron chi connectivity index (χ3n) is 2.34. The van der Waals surface area contributed by atoms with Gasteiger partial charge in [-0.15, -0.1) is 0 Å². The van der Waals surface area contributed by atoms with Crippen molar-refractivity contribution in [2.75, 3.05) is 6.61 Å². The molecule has 0 aromatic carbocycles. The first-order chi connectivity index (χ1) is 6.59. The summed E-state index contributed by atoms with van der Waals surface area (Å²) in [5, 5.41) is 0. The highest BCUT2D eigenvalue weighted by atomic mass is 16.6. The van der Waals surface area contributed by atoms with Gasteiger partial charge in [-0.3, -0.25) is 9.59 Å². The lowest BCUT2D eigenvalue weighted by Gasteiger charge is -2.12. The molecule has 1 rings (SSSR count). The van der Waals surface area contributed by atoms with Crippen LogP contribution in [0.25, 0.3) is 0 Å². The fraction of sp³-hybridized carbons (Fsp3) is 0.800. The Bertz CT molecular complexity index is 224. The maximum atomic E-state index is 10.9. The van der Waals surface area contributed by atoms with E-state index in [4.69, 9.17) is 9.47 Å². The van der Waals surface area contributed by atoms with Gasteiger partial charge in [0.15, 0.2) is 0 Å². The maximum Gasteiger partial charge on any atom is 0.306 e. The molecule has 14 heavy (non-hydrogen) atoms. The van der Waals surface area contributed by atoms with Crippen molar-refractivity contribution in [2.45, 2.75) is 39.2 Å². The summed E-state index contributed by atoms with van der Waals surface area (Å²) < 4.78 is 9.89. The van der Waals surface area contributed by atoms with Crippen molar-refractivity contribution in [3.05, 3.63) is 0 Å². The van der Waals surface area contributed by atoms with Crippen LogP contribution in [-0.2, 0) is 19.1 Å². The Morgan fingerprint density at radius 1 is 1.64 bits per heavy atom. The van der Waals surface area contributed by atoms with E-state index in [0.29, 0.717) is 18.9 Å². The quantitative estimate of drug-likeness (QED) is 0.506. The van der Waals surface area contributed by atoms with E-state index < -0.39 is 0 Å². The van der Waals surface area contributed by atoms with Gasteiger partial charge in [0.2, 0.25) is 0 Å². The minimum Gasteiger partial charge on any atom is -0.466 e. The molecule has 0 radical (unpaired) electrons. The molecule has 1 heterocycles. The standard InChI is InChI=1S/C10H16O4/c1-7-6-10(12)14-9(7)4-3-5-13-8(2)11/h7,9H,3-6H2,1-2H3/t7-,9+/m1/s1. The van der Waals surface area contributed by atoms with Crippen LogP contribution in [0.4, 0.5) is 0 Å². The highest BCUT2D eigenvalue weighted by molar-refractivity contribution is 5.71. The second-order valence-electron chi connectivity index (χ2n) is 3.69. The van der Waals surface area contributed by atoms with Gasteiger partial charge in [0, 0.05) is 12.8 Å². The summed E-state index contributed by atoms with van der Waals surface area (Å²) in [6.45, 7) is 3.80. The van der Waals surface area contributed by atoms with Crippen LogP contribution in [0.1, 0.15) is 33.1 Å². The lowest BCUT2D eigenvalue weighted by atomic mass is 10.0. The minimum atomic E-state index is -0.263. The molecule has 4 nitrogen and oxygen atoms in total. The first-order valence-corrected chi connectivity index (χ1v) is 4.92. The highest BCUT2D eigenvalue weighted by Crippen LogP contribution is 2.24. The molecule has 0 amide bonds. The Hall–Kier alpha value is -1.06. The van der Waals surface area contributed by atoms with Crippen molar-refractivity contribution in [3.63, 3.8) is 0 Å². The molecule has 0 unspecified atom stereocenters. The van der Waals surface area contributed by atoms with Gasteiger partial charge in [0.05, 0.1) is 13.0 Å². The zero-order valence-corrected chi connectivity index (χ0v) is 8.62. The molecule has 0 bridgehead atoms. The van der Waals surface area contributed by atoms with E-state index >= 15 is 0 Å². The van der Waals surface area contributed by atoms with Crippen molar-refractivity contribution in [3.8, 4) is 0 Å². The molecule has 1 aliphatic rings. The van der Waals surface area contributed by atoms with Gasteiger partial charge in [0.1, 0.15) is 6.10 Å². The van der Waals surface area contributed by atoms with E-state index in [0.717, 1.165) is 12.8 Å². The Morgan fingerprint density at radius 3 is 2.86 bits per heavy atom. The number of carbonyl (C=O) groups excluding carboxylic acids is 2. The highest BCUT2D eigenvalue weighted by Gasteiger charge is 2.30. The Morgan fingerprint density at radius 2 is 2.36 bits per heavy atom. The molecule has 2 atom stereocenters. The number of cyclic esters (lactones) is 1. The molecule has 0 saturated carbocycles. The van der Waals surface area contributed by atoms with Gasteiger partial charge in [0.25, 0.3) is 0 Å². The summed E-state index contributed by atoms with van der Waals surface area (Å²) in [4.78, 5) is 21.3. The van der Waals surface area contributed by atoms with Crippen LogP contribution in [0.5, 0.6) is 0 Å². The normalized spacial score (nSPS) is 26.0. The van der Waals surface area contributed by atoms with E-state index in [1.807, 2.05) is 6.92 Å². The molecule has 1 saturated heterocycles. The molecule has 80 valence electrons. The first kappa shape index (κ1) is 11.0. The van der Waals surface area contributed by atoms with Gasteiger partial charge >= 0.3 is 11.9 Å². The van der Waals surface area contributed by atoms with E-state index in [1.54, 1.807) is 0 Å². The summed E-state index contributed by atoms with van der Waals surface area (Å²) in [7, 11) is 0. The van der Waals surface area contributed by atoms with Gasteiger partial charge in [-0.25, -0.2) is 0 Å². The number of esters is 2. The van der Waals surface area contributed by atoms with Crippen LogP contribution >= 0.6 is 0 Å². The predicted molar refractivity (Wildman–Crippen MR) is 49.5 cm³/mol. The van der Waals surface area contributed by atoms with Crippen LogP contribution < -0.4 is 0 Å². The summed E-state index contributed by atoms with van der Waals surface area (Å²) in [6, 6.07) is 0. The first-order valence-electron chi connectivity index (χ1n) is 4.92. The Kier molecular flexibility index (Phi) is 3.92. The zero-order valence-electron chi connectivity index (χ0n) is 8.62. The minimum absolute atomic E-state index is 0.0121. The van der Waals surface area contributed by atoms with Crippen molar-refractivity contribution >= 4 is 11.9 Å². The average molecular weight is 200 g/mol. The Balaban J connectivity index is 2.12. The largest absolute Gasteiger partial charge is 0.466 e. The smallest absolute Gasteiger partial charge is 0.306 e. The van der Waals surface area contributed by atoms with E-state index in [2.05, 4.69) is 0 Å². The summed E-state index contributed by atoms with van der Waals surface area (Å²) in [5.41, 5.74) is 0. The van der Waals surface area contributed by atoms with Crippen LogP contribution in [0.2, 0.25) is 0 Å². The van der Waals surface area contributed by atoms with E-state index in [-0.39, 0.29) is 18.0 Å². The van der Waals surface area contributed by atoms with Gasteiger partial charge in [-0.1, -0.05) is 6.92 Å². The maximum absolute atomic E-state index is 10.9. The topological polar surface area (TPSA) is 52.6 Å². The van der Waals surface area contributed by atoms with Crippen molar-refractivity contribution in [2.24, 2.45) is 5.92 Å². The van der Waals surface area contributed by atoms with Gasteiger partial charge < -0.3 is 9.47 Å². The third-order valence-corrected chi connectivity index (χ3v) is 2.34. The lowest BCUT2D eigenvalue weighted by Crippen LogP contribution is -2.14. The molecule has 0 N–H and O–H groups in total. The summed E-state index contributed by atoms with van der Waals surface area (Å²) in [6.07, 6.45) is 2.05. The monoisotopic (exact) mass is 200 g/mol. The SMILES string of the molecule is CC(=O)OCCC[C@@H]1OC(=O)C[C@H]1C. The summed E-state index contributed by atoms with van der Waals surface area (Å²) in [5.74, 6) is -0.0868. The fourth-order valence-corrected chi connectivity index (χ4v) is 1.57. The van der Waals surface area contributed by atoms with Gasteiger partial charge in [-0.05, 0) is 12.8 Å². The fourth-order valence-electron chi connectivity index (χ4n) is 1.57. The predicted octanol–water partition coefficient (Wildman–Crippen LogP) is 1.28. The number of rotatable bonds is 4. The van der Waals surface area contributed by atoms with Gasteiger partial charge in [-0.2, -0.15) is 0 Å². The Labute approximate surface area is 83.6 Å². The van der Waals surface area contributed by atoms with Crippen molar-refractivity contribution in [1.82, 2.24) is 0 Å². The second-order valence-corrected chi connectivity index (χ2v) is 3.69. The molecule has 0 spiro atoms. The van der Waals surface area contributed by atoms with Crippen molar-refractivity contribution < 1.29 is 19.1 Å². The van der Waals surface area contributed by atoms with E-state index in [9.17, 15) is 9.59 Å². The number of ether oxygens (including phenoxy) is 2. The zero-order chi connectivity index (χ0) is 10.6. The third kappa shape index (κ3) is 3.36. The molecular weight excluding hydrogens is 184 g/mol. The molecule has 1 fully saturated rings. The molecule has 0 aromatic rings. The second kappa shape index (κ2) is 4.98. The van der Waals surface area contributed by atoms with Crippen LogP contribution in [-0.4, -0.2) is 24.6 Å². The van der Waals surface area contributed by atoms with Crippen molar-refractivity contribution in [1.29, 1.82) is 0 Å². The molecule has 0 aromatic heterocycles. The van der Waals surface area contributed by atoms with Crippen LogP contribution in [0.15, 0.2) is 0 Å². The number of hydrogen-bond donors (Lipinski definition) is 0. The number of hydrogen-bond acceptors (Lipinski definition) is 4. The summed E-state index contributed by atoms with van der Waals surface area (Å²) >= 11 is 0. The molecular formula is C10H16O4. The molecule has 0 aliphatic carbocycles. The van der Waals surface area contributed by atoms with Crippen LogP contribution in [0.3, 0.4) is 0 Å². The average Bonchev–Trinajstić information content (AvgIpc) is 2.39. The van der Waals surface area contributed by atoms with Crippen LogP contribution in [0, 0.1) is 5.92 Å². The van der Waals surface area contributed by atoms with E-state index in [1.165, 1.54) is 6.92 Å².